The van der Waals surface area contributed by atoms with E-state index in [0.717, 1.165) is 30.8 Å². The Kier molecular flexibility index (Phi) is 7.86. The van der Waals surface area contributed by atoms with E-state index in [-0.39, 0.29) is 22.2 Å². The minimum atomic E-state index is -6.13. The summed E-state index contributed by atoms with van der Waals surface area (Å²) in [6.07, 6.45) is -5.33. The predicted octanol–water partition coefficient (Wildman–Crippen LogP) is 4.62. The van der Waals surface area contributed by atoms with E-state index >= 15 is 0 Å². The van der Waals surface area contributed by atoms with Crippen molar-refractivity contribution in [2.24, 2.45) is 10.7 Å². The summed E-state index contributed by atoms with van der Waals surface area (Å²) in [5.74, 6) is -8.24. The quantitative estimate of drug-likeness (QED) is 0.221. The Labute approximate surface area is 204 Å². The molecule has 1 heterocycles. The maximum absolute atomic E-state index is 13.9. The van der Waals surface area contributed by atoms with Gasteiger partial charge < -0.3 is 15.8 Å². The Morgan fingerprint density at radius 1 is 1.28 bits per heavy atom. The normalized spacial score (nSPS) is 15.7. The highest BCUT2D eigenvalue weighted by Gasteiger charge is 2.61. The van der Waals surface area contributed by atoms with Crippen molar-refractivity contribution in [2.75, 3.05) is 13.7 Å². The fourth-order valence-electron chi connectivity index (χ4n) is 2.97. The van der Waals surface area contributed by atoms with Crippen molar-refractivity contribution < 1.29 is 40.3 Å². The van der Waals surface area contributed by atoms with Crippen molar-refractivity contribution in [3.05, 3.63) is 52.6 Å². The fourth-order valence-corrected chi connectivity index (χ4v) is 3.17. The van der Waals surface area contributed by atoms with Crippen molar-refractivity contribution in [2.45, 2.75) is 37.4 Å². The van der Waals surface area contributed by atoms with Gasteiger partial charge in [-0.2, -0.15) is 27.1 Å². The maximum Gasteiger partial charge on any atom is 0.459 e. The van der Waals surface area contributed by atoms with Crippen molar-refractivity contribution in [3.63, 3.8) is 0 Å². The van der Waals surface area contributed by atoms with Crippen molar-refractivity contribution >= 4 is 23.3 Å². The molecule has 0 saturated heterocycles. The molecule has 3 rings (SSSR count). The number of carbonyl (C=O) groups excluding carboxylic acids is 1. The maximum atomic E-state index is 13.9. The second kappa shape index (κ2) is 10.4. The number of aromatic nitrogens is 2. The molecule has 0 atom stereocenters. The number of hydrogen-bond acceptors (Lipinski definition) is 5. The molecule has 1 aromatic heterocycles. The van der Waals surface area contributed by atoms with E-state index in [4.69, 9.17) is 17.3 Å². The third-order valence-electron chi connectivity index (χ3n) is 4.96. The first-order chi connectivity index (χ1) is 16.8. The molecule has 196 valence electrons. The summed E-state index contributed by atoms with van der Waals surface area (Å²) in [5, 5.41) is 6.80. The Morgan fingerprint density at radius 2 is 1.94 bits per heavy atom. The Morgan fingerprint density at radius 3 is 2.50 bits per heavy atom. The van der Waals surface area contributed by atoms with Gasteiger partial charge in [-0.3, -0.25) is 9.79 Å². The smallest absolute Gasteiger partial charge is 0.459 e. The molecule has 7 nitrogen and oxygen atoms in total. The summed E-state index contributed by atoms with van der Waals surface area (Å²) in [5.41, 5.74) is 3.70. The standard InChI is InChI=1S/C21H19ClF7N5O2/c1-31-18(16(36-9-15(23)24)17(30)20(25,26)21(27,28)29)34-8-11(7-32-34)10-2-5-14(22)13(6-10)19(35)33-12-3-4-12/h2,5-8,12,15H,3-4,9,30H2,1H3,(H,33,35). The van der Waals surface area contributed by atoms with Crippen LogP contribution in [0.1, 0.15) is 23.2 Å². The first-order valence-electron chi connectivity index (χ1n) is 10.2. The highest BCUT2D eigenvalue weighted by molar-refractivity contribution is 6.34. The van der Waals surface area contributed by atoms with E-state index in [9.17, 15) is 35.5 Å². The van der Waals surface area contributed by atoms with Crippen molar-refractivity contribution in [3.8, 4) is 11.1 Å². The lowest BCUT2D eigenvalue weighted by molar-refractivity contribution is -0.265. The fraction of sp³-hybridized carbons (Fsp3) is 0.381. The largest absolute Gasteiger partial charge is 0.482 e. The summed E-state index contributed by atoms with van der Waals surface area (Å²) in [6.45, 7) is -1.53. The number of halogens is 8. The highest BCUT2D eigenvalue weighted by atomic mass is 35.5. The van der Waals surface area contributed by atoms with Gasteiger partial charge in [0.25, 0.3) is 12.3 Å². The summed E-state index contributed by atoms with van der Waals surface area (Å²) in [7, 11) is 0.990. The molecular weight excluding hydrogens is 523 g/mol. The van der Waals surface area contributed by atoms with Gasteiger partial charge >= 0.3 is 12.1 Å². The van der Waals surface area contributed by atoms with Crippen LogP contribution < -0.4 is 11.1 Å². The van der Waals surface area contributed by atoms with Gasteiger partial charge in [0.15, 0.2) is 11.6 Å². The zero-order valence-corrected chi connectivity index (χ0v) is 19.2. The minimum Gasteiger partial charge on any atom is -0.482 e. The third-order valence-corrected chi connectivity index (χ3v) is 5.29. The third kappa shape index (κ3) is 5.91. The molecule has 0 radical (unpaired) electrons. The average Bonchev–Trinajstić information content (AvgIpc) is 3.48. The number of ether oxygens (including phenoxy) is 1. The van der Waals surface area contributed by atoms with E-state index in [1.165, 1.54) is 24.4 Å². The summed E-state index contributed by atoms with van der Waals surface area (Å²) in [4.78, 5) is 16.0. The number of carbonyl (C=O) groups is 1. The number of amides is 1. The van der Waals surface area contributed by atoms with Gasteiger partial charge in [0.2, 0.25) is 0 Å². The van der Waals surface area contributed by atoms with Crippen LogP contribution >= 0.6 is 11.6 Å². The Bertz CT molecular complexity index is 1190. The number of benzene rings is 1. The molecule has 1 aromatic carbocycles. The highest BCUT2D eigenvalue weighted by Crippen LogP contribution is 2.40. The lowest BCUT2D eigenvalue weighted by atomic mass is 10.1. The van der Waals surface area contributed by atoms with Crippen LogP contribution in [0.25, 0.3) is 11.1 Å². The lowest BCUT2D eigenvalue weighted by Gasteiger charge is -2.23. The molecular formula is C21H19ClF7N5O2. The van der Waals surface area contributed by atoms with E-state index in [0.29, 0.717) is 5.56 Å². The molecule has 1 aliphatic carbocycles. The van der Waals surface area contributed by atoms with Gasteiger partial charge in [-0.05, 0) is 30.5 Å². The van der Waals surface area contributed by atoms with Crippen LogP contribution in [-0.2, 0) is 4.74 Å². The van der Waals surface area contributed by atoms with E-state index in [1.54, 1.807) is 0 Å². The van der Waals surface area contributed by atoms with Gasteiger partial charge in [-0.15, -0.1) is 0 Å². The Hall–Kier alpha value is -3.29. The SMILES string of the molecule is CN=C(C(OCC(F)F)=C(N)C(F)(F)C(F)(F)F)n1cc(-c2ccc(Cl)c(C(=O)NC3CC3)c2)cn1. The zero-order chi connectivity index (χ0) is 26.8. The number of nitrogens with one attached hydrogen (secondary N) is 1. The number of aliphatic imine (C=N–C) groups is 1. The van der Waals surface area contributed by atoms with Crippen LogP contribution in [0.2, 0.25) is 5.02 Å². The number of rotatable bonds is 8. The number of hydrogen-bond donors (Lipinski definition) is 2. The second-order valence-corrected chi connectivity index (χ2v) is 8.09. The molecule has 0 aliphatic heterocycles. The van der Waals surface area contributed by atoms with Crippen LogP contribution in [0.5, 0.6) is 0 Å². The zero-order valence-electron chi connectivity index (χ0n) is 18.4. The molecule has 1 saturated carbocycles. The molecule has 2 aromatic rings. The van der Waals surface area contributed by atoms with Crippen LogP contribution in [0.4, 0.5) is 30.7 Å². The summed E-state index contributed by atoms with van der Waals surface area (Å²) < 4.78 is 97.2. The van der Waals surface area contributed by atoms with Crippen LogP contribution in [0, 0.1) is 0 Å². The van der Waals surface area contributed by atoms with Crippen LogP contribution in [0.3, 0.4) is 0 Å². The van der Waals surface area contributed by atoms with Gasteiger partial charge in [0.1, 0.15) is 12.3 Å². The number of nitrogens with two attached hydrogens (primary N) is 1. The first kappa shape index (κ1) is 27.3. The monoisotopic (exact) mass is 541 g/mol. The molecule has 3 N–H and O–H groups in total. The lowest BCUT2D eigenvalue weighted by Crippen LogP contribution is -2.43. The Balaban J connectivity index is 2.00. The number of alkyl halides is 7. The summed E-state index contributed by atoms with van der Waals surface area (Å²) >= 11 is 6.12. The second-order valence-electron chi connectivity index (χ2n) is 7.68. The first-order valence-corrected chi connectivity index (χ1v) is 10.6. The van der Waals surface area contributed by atoms with E-state index in [2.05, 4.69) is 20.1 Å². The topological polar surface area (TPSA) is 94.5 Å². The molecule has 36 heavy (non-hydrogen) atoms. The van der Waals surface area contributed by atoms with Crippen LogP contribution in [-0.4, -0.2) is 59.7 Å². The predicted molar refractivity (Wildman–Crippen MR) is 116 cm³/mol. The molecule has 0 spiro atoms. The van der Waals surface area contributed by atoms with Gasteiger partial charge in [-0.1, -0.05) is 17.7 Å². The van der Waals surface area contributed by atoms with Crippen molar-refractivity contribution in [1.82, 2.24) is 15.1 Å². The van der Waals surface area contributed by atoms with Crippen LogP contribution in [0.15, 0.2) is 47.0 Å². The molecule has 1 aliphatic rings. The van der Waals surface area contributed by atoms with Gasteiger partial charge in [0.05, 0.1) is 16.8 Å². The van der Waals surface area contributed by atoms with Crippen molar-refractivity contribution in [1.29, 1.82) is 0 Å². The van der Waals surface area contributed by atoms with E-state index in [1.807, 2.05) is 0 Å². The minimum absolute atomic E-state index is 0.0574. The molecule has 1 fully saturated rings. The molecule has 0 unspecified atom stereocenters. The summed E-state index contributed by atoms with van der Waals surface area (Å²) in [6, 6.07) is 4.43. The number of allylic oxidation sites excluding steroid dienone is 2. The molecule has 1 amide bonds. The molecule has 0 bridgehead atoms. The van der Waals surface area contributed by atoms with Gasteiger partial charge in [-0.25, -0.2) is 13.5 Å². The average molecular weight is 542 g/mol. The molecule has 15 heteroatoms. The number of nitrogens with zero attached hydrogens (tertiary/aromatic N) is 3. The van der Waals surface area contributed by atoms with E-state index < -0.39 is 48.3 Å². The van der Waals surface area contributed by atoms with Gasteiger partial charge in [0, 0.05) is 24.8 Å².